The van der Waals surface area contributed by atoms with Crippen molar-refractivity contribution in [1.29, 1.82) is 0 Å². The van der Waals surface area contributed by atoms with E-state index in [0.717, 1.165) is 22.7 Å². The summed E-state index contributed by atoms with van der Waals surface area (Å²) >= 11 is 0. The SMILES string of the molecule is CC1=C(c2ccccc2)N(c2ccccc2)C(c2ccccc2)N1c1nc2ccccc2n1C. The Morgan fingerprint density at radius 3 is 1.91 bits per heavy atom. The molecular formula is C30H26N4. The van der Waals surface area contributed by atoms with Gasteiger partial charge in [0.15, 0.2) is 0 Å². The lowest BCUT2D eigenvalue weighted by atomic mass is 10.1. The average Bonchev–Trinajstić information content (AvgIpc) is 3.39. The van der Waals surface area contributed by atoms with E-state index in [1.807, 2.05) is 6.07 Å². The highest BCUT2D eigenvalue weighted by Gasteiger charge is 2.41. The lowest BCUT2D eigenvalue weighted by Gasteiger charge is -2.34. The summed E-state index contributed by atoms with van der Waals surface area (Å²) in [6, 6.07) is 40.3. The molecule has 4 heteroatoms. The van der Waals surface area contributed by atoms with Crippen molar-refractivity contribution in [2.24, 2.45) is 7.05 Å². The first-order valence-electron chi connectivity index (χ1n) is 11.6. The quantitative estimate of drug-likeness (QED) is 0.300. The van der Waals surface area contributed by atoms with Crippen LogP contribution in [0, 0.1) is 0 Å². The second-order valence-corrected chi connectivity index (χ2v) is 8.62. The van der Waals surface area contributed by atoms with Crippen molar-refractivity contribution in [1.82, 2.24) is 9.55 Å². The number of anilines is 2. The van der Waals surface area contributed by atoms with E-state index < -0.39 is 0 Å². The molecule has 0 N–H and O–H groups in total. The van der Waals surface area contributed by atoms with Gasteiger partial charge in [-0.1, -0.05) is 91.0 Å². The van der Waals surface area contributed by atoms with Gasteiger partial charge in [-0.05, 0) is 42.3 Å². The Balaban J connectivity index is 1.65. The first kappa shape index (κ1) is 20.3. The number of para-hydroxylation sites is 3. The number of fused-ring (bicyclic) bond motifs is 1. The summed E-state index contributed by atoms with van der Waals surface area (Å²) in [4.78, 5) is 9.93. The van der Waals surface area contributed by atoms with Crippen LogP contribution in [-0.2, 0) is 7.05 Å². The van der Waals surface area contributed by atoms with E-state index in [2.05, 4.69) is 138 Å². The second-order valence-electron chi connectivity index (χ2n) is 8.62. The number of aryl methyl sites for hydroxylation is 1. The maximum absolute atomic E-state index is 5.10. The smallest absolute Gasteiger partial charge is 0.212 e. The average molecular weight is 443 g/mol. The van der Waals surface area contributed by atoms with Crippen LogP contribution in [0.2, 0.25) is 0 Å². The van der Waals surface area contributed by atoms with Crippen molar-refractivity contribution in [3.63, 3.8) is 0 Å². The molecule has 0 amide bonds. The summed E-state index contributed by atoms with van der Waals surface area (Å²) in [6.45, 7) is 2.21. The van der Waals surface area contributed by atoms with Gasteiger partial charge >= 0.3 is 0 Å². The molecule has 0 radical (unpaired) electrons. The zero-order valence-electron chi connectivity index (χ0n) is 19.3. The van der Waals surface area contributed by atoms with Gasteiger partial charge in [0, 0.05) is 18.4 Å². The summed E-state index contributed by atoms with van der Waals surface area (Å²) < 4.78 is 2.20. The summed E-state index contributed by atoms with van der Waals surface area (Å²) in [5.41, 5.74) is 8.02. The van der Waals surface area contributed by atoms with Crippen LogP contribution in [0.4, 0.5) is 11.6 Å². The lowest BCUT2D eigenvalue weighted by molar-refractivity contribution is 0.693. The van der Waals surface area contributed by atoms with Crippen molar-refractivity contribution in [3.05, 3.63) is 132 Å². The molecule has 1 aliphatic heterocycles. The minimum absolute atomic E-state index is 0.0747. The number of imidazole rings is 1. The molecule has 0 aliphatic carbocycles. The highest BCUT2D eigenvalue weighted by atomic mass is 15.5. The molecule has 2 heterocycles. The van der Waals surface area contributed by atoms with Gasteiger partial charge < -0.3 is 9.47 Å². The molecule has 1 atom stereocenters. The van der Waals surface area contributed by atoms with Crippen molar-refractivity contribution in [3.8, 4) is 0 Å². The van der Waals surface area contributed by atoms with E-state index in [-0.39, 0.29) is 6.17 Å². The summed E-state index contributed by atoms with van der Waals surface area (Å²) in [5, 5.41) is 0. The molecule has 4 nitrogen and oxygen atoms in total. The van der Waals surface area contributed by atoms with Crippen LogP contribution in [-0.4, -0.2) is 9.55 Å². The van der Waals surface area contributed by atoms with Crippen LogP contribution in [0.15, 0.2) is 121 Å². The number of aromatic nitrogens is 2. The number of rotatable bonds is 4. The van der Waals surface area contributed by atoms with Crippen LogP contribution in [0.25, 0.3) is 16.7 Å². The molecule has 1 aliphatic rings. The maximum atomic E-state index is 5.10. The van der Waals surface area contributed by atoms with Gasteiger partial charge in [0.2, 0.25) is 5.95 Å². The van der Waals surface area contributed by atoms with E-state index in [4.69, 9.17) is 4.98 Å². The summed E-state index contributed by atoms with van der Waals surface area (Å²) in [6.07, 6.45) is -0.0747. The van der Waals surface area contributed by atoms with Crippen LogP contribution in [0.5, 0.6) is 0 Å². The van der Waals surface area contributed by atoms with Gasteiger partial charge in [-0.15, -0.1) is 0 Å². The van der Waals surface area contributed by atoms with Crippen molar-refractivity contribution >= 4 is 28.4 Å². The third kappa shape index (κ3) is 3.19. The third-order valence-electron chi connectivity index (χ3n) is 6.59. The molecule has 4 aromatic carbocycles. The Morgan fingerprint density at radius 2 is 1.24 bits per heavy atom. The van der Waals surface area contributed by atoms with Gasteiger partial charge in [-0.25, -0.2) is 4.98 Å². The highest BCUT2D eigenvalue weighted by molar-refractivity contribution is 5.90. The van der Waals surface area contributed by atoms with Crippen molar-refractivity contribution in [2.75, 3.05) is 9.80 Å². The number of hydrogen-bond acceptors (Lipinski definition) is 3. The van der Waals surface area contributed by atoms with Crippen LogP contribution in [0.1, 0.15) is 24.2 Å². The van der Waals surface area contributed by atoms with Crippen LogP contribution < -0.4 is 9.80 Å². The fourth-order valence-electron chi connectivity index (χ4n) is 5.04. The van der Waals surface area contributed by atoms with Gasteiger partial charge in [0.1, 0.15) is 6.17 Å². The molecule has 1 aromatic heterocycles. The molecule has 0 spiro atoms. The molecule has 166 valence electrons. The minimum atomic E-state index is -0.0747. The molecule has 0 saturated carbocycles. The fraction of sp³-hybridized carbons (Fsp3) is 0.100. The summed E-state index contributed by atoms with van der Waals surface area (Å²) in [5.74, 6) is 0.930. The fourth-order valence-corrected chi connectivity index (χ4v) is 5.04. The monoisotopic (exact) mass is 442 g/mol. The Bertz CT molecular complexity index is 1470. The molecule has 34 heavy (non-hydrogen) atoms. The Labute approximate surface area is 200 Å². The van der Waals surface area contributed by atoms with Gasteiger partial charge in [-0.3, -0.25) is 4.90 Å². The van der Waals surface area contributed by atoms with E-state index in [9.17, 15) is 0 Å². The molecular weight excluding hydrogens is 416 g/mol. The third-order valence-corrected chi connectivity index (χ3v) is 6.59. The van der Waals surface area contributed by atoms with Crippen LogP contribution >= 0.6 is 0 Å². The molecule has 0 bridgehead atoms. The first-order valence-corrected chi connectivity index (χ1v) is 11.6. The predicted octanol–water partition coefficient (Wildman–Crippen LogP) is 6.99. The molecule has 6 rings (SSSR count). The molecule has 0 fully saturated rings. The number of nitrogens with zero attached hydrogens (tertiary/aromatic N) is 4. The standard InChI is InChI=1S/C30H26N4/c1-22-28(23-14-6-3-7-15-23)34(25-18-10-5-11-19-25)29(24-16-8-4-9-17-24)33(22)30-31-26-20-12-13-21-27(26)32(30)2/h3-21,29H,1-2H3. The maximum Gasteiger partial charge on any atom is 0.212 e. The largest absolute Gasteiger partial charge is 0.314 e. The number of benzene rings is 4. The highest BCUT2D eigenvalue weighted by Crippen LogP contribution is 2.48. The minimum Gasteiger partial charge on any atom is -0.314 e. The normalized spacial score (nSPS) is 16.0. The van der Waals surface area contributed by atoms with E-state index in [0.29, 0.717) is 0 Å². The topological polar surface area (TPSA) is 24.3 Å². The van der Waals surface area contributed by atoms with Gasteiger partial charge in [-0.2, -0.15) is 0 Å². The summed E-state index contributed by atoms with van der Waals surface area (Å²) in [7, 11) is 2.10. The molecule has 0 saturated heterocycles. The Morgan fingerprint density at radius 1 is 0.647 bits per heavy atom. The van der Waals surface area contributed by atoms with E-state index >= 15 is 0 Å². The van der Waals surface area contributed by atoms with Gasteiger partial charge in [0.05, 0.1) is 16.7 Å². The van der Waals surface area contributed by atoms with E-state index in [1.165, 1.54) is 22.5 Å². The van der Waals surface area contributed by atoms with Gasteiger partial charge in [0.25, 0.3) is 0 Å². The van der Waals surface area contributed by atoms with Crippen LogP contribution in [0.3, 0.4) is 0 Å². The molecule has 5 aromatic rings. The van der Waals surface area contributed by atoms with Crippen molar-refractivity contribution < 1.29 is 0 Å². The number of allylic oxidation sites excluding steroid dienone is 1. The lowest BCUT2D eigenvalue weighted by Crippen LogP contribution is -2.34. The zero-order valence-corrected chi connectivity index (χ0v) is 19.3. The van der Waals surface area contributed by atoms with E-state index in [1.54, 1.807) is 0 Å². The zero-order chi connectivity index (χ0) is 23.1. The molecule has 1 unspecified atom stereocenters. The Kier molecular flexibility index (Phi) is 4.92. The number of hydrogen-bond donors (Lipinski definition) is 0. The van der Waals surface area contributed by atoms with Crippen molar-refractivity contribution in [2.45, 2.75) is 13.1 Å². The predicted molar refractivity (Wildman–Crippen MR) is 140 cm³/mol. The second kappa shape index (κ2) is 8.23. The first-order chi connectivity index (χ1) is 16.7. The Hall–Kier alpha value is -4.31.